The second-order valence-electron chi connectivity index (χ2n) is 3.42. The molecule has 7 heteroatoms. The molecule has 0 fully saturated rings. The standard InChI is InChI=1S/C11H17NO5S/c1-5-18(13,14)12-8-6-9(15-2)11(17-4)10(7-8)16-3/h6-7,12H,5H2,1-4H3. The fraction of sp³-hybridized carbons (Fsp3) is 0.455. The molecule has 102 valence electrons. The summed E-state index contributed by atoms with van der Waals surface area (Å²) in [6.07, 6.45) is 0. The number of hydrogen-bond acceptors (Lipinski definition) is 5. The number of rotatable bonds is 6. The zero-order valence-electron chi connectivity index (χ0n) is 10.8. The molecule has 0 aliphatic rings. The normalized spacial score (nSPS) is 10.9. The molecule has 0 aliphatic carbocycles. The van der Waals surface area contributed by atoms with Gasteiger partial charge < -0.3 is 14.2 Å². The number of nitrogens with one attached hydrogen (secondary N) is 1. The van der Waals surface area contributed by atoms with E-state index in [1.165, 1.54) is 33.5 Å². The molecule has 1 aromatic rings. The van der Waals surface area contributed by atoms with Gasteiger partial charge in [-0.2, -0.15) is 0 Å². The van der Waals surface area contributed by atoms with Crippen LogP contribution in [0.2, 0.25) is 0 Å². The van der Waals surface area contributed by atoms with Crippen molar-refractivity contribution in [3.8, 4) is 17.2 Å². The van der Waals surface area contributed by atoms with Gasteiger partial charge in [0.1, 0.15) is 0 Å². The highest BCUT2D eigenvalue weighted by Gasteiger charge is 2.15. The fourth-order valence-electron chi connectivity index (χ4n) is 1.39. The highest BCUT2D eigenvalue weighted by Crippen LogP contribution is 2.40. The molecule has 1 aromatic carbocycles. The van der Waals surface area contributed by atoms with Crippen molar-refractivity contribution in [1.82, 2.24) is 0 Å². The van der Waals surface area contributed by atoms with E-state index < -0.39 is 10.0 Å². The molecule has 0 saturated carbocycles. The second kappa shape index (κ2) is 5.81. The topological polar surface area (TPSA) is 73.9 Å². The fourth-order valence-corrected chi connectivity index (χ4v) is 2.01. The molecule has 1 rings (SSSR count). The predicted molar refractivity (Wildman–Crippen MR) is 69.2 cm³/mol. The molecule has 0 unspecified atom stereocenters. The Bertz CT molecular complexity index is 487. The van der Waals surface area contributed by atoms with E-state index in [-0.39, 0.29) is 5.75 Å². The lowest BCUT2D eigenvalue weighted by molar-refractivity contribution is 0.325. The van der Waals surface area contributed by atoms with Crippen LogP contribution in [-0.4, -0.2) is 35.5 Å². The van der Waals surface area contributed by atoms with Gasteiger partial charge in [0.25, 0.3) is 0 Å². The van der Waals surface area contributed by atoms with Gasteiger partial charge in [-0.15, -0.1) is 0 Å². The van der Waals surface area contributed by atoms with Gasteiger partial charge >= 0.3 is 0 Å². The summed E-state index contributed by atoms with van der Waals surface area (Å²) >= 11 is 0. The second-order valence-corrected chi connectivity index (χ2v) is 5.43. The predicted octanol–water partition coefficient (Wildman–Crippen LogP) is 1.47. The molecule has 0 radical (unpaired) electrons. The Labute approximate surface area is 107 Å². The van der Waals surface area contributed by atoms with Crippen LogP contribution >= 0.6 is 0 Å². The minimum absolute atomic E-state index is 0.0103. The number of benzene rings is 1. The van der Waals surface area contributed by atoms with Gasteiger partial charge in [0.05, 0.1) is 32.8 Å². The molecule has 0 amide bonds. The molecular formula is C11H17NO5S. The number of ether oxygens (including phenoxy) is 3. The number of sulfonamides is 1. The molecule has 0 atom stereocenters. The van der Waals surface area contributed by atoms with E-state index in [9.17, 15) is 8.42 Å². The molecule has 0 bridgehead atoms. The van der Waals surface area contributed by atoms with Crippen molar-refractivity contribution in [2.75, 3.05) is 31.8 Å². The summed E-state index contributed by atoms with van der Waals surface area (Å²) < 4.78 is 40.8. The Morgan fingerprint density at radius 2 is 1.56 bits per heavy atom. The zero-order valence-corrected chi connectivity index (χ0v) is 11.6. The van der Waals surface area contributed by atoms with Crippen molar-refractivity contribution in [3.05, 3.63) is 12.1 Å². The van der Waals surface area contributed by atoms with Crippen LogP contribution < -0.4 is 18.9 Å². The van der Waals surface area contributed by atoms with Crippen LogP contribution in [0.15, 0.2) is 12.1 Å². The van der Waals surface area contributed by atoms with E-state index >= 15 is 0 Å². The molecule has 6 nitrogen and oxygen atoms in total. The molecule has 0 spiro atoms. The van der Waals surface area contributed by atoms with Crippen LogP contribution in [0.4, 0.5) is 5.69 Å². The van der Waals surface area contributed by atoms with E-state index in [1.54, 1.807) is 6.92 Å². The summed E-state index contributed by atoms with van der Waals surface area (Å²) in [5.41, 5.74) is 0.367. The third-order valence-electron chi connectivity index (χ3n) is 2.32. The molecule has 0 aromatic heterocycles. The molecule has 0 aliphatic heterocycles. The van der Waals surface area contributed by atoms with Crippen LogP contribution in [0.5, 0.6) is 17.2 Å². The summed E-state index contributed by atoms with van der Waals surface area (Å²) in [4.78, 5) is 0. The van der Waals surface area contributed by atoms with Crippen LogP contribution in [0.25, 0.3) is 0 Å². The van der Waals surface area contributed by atoms with Crippen molar-refractivity contribution < 1.29 is 22.6 Å². The SMILES string of the molecule is CCS(=O)(=O)Nc1cc(OC)c(OC)c(OC)c1. The van der Waals surface area contributed by atoms with Gasteiger partial charge in [0.15, 0.2) is 11.5 Å². The Balaban J connectivity index is 3.23. The Kier molecular flexibility index (Phi) is 4.66. The molecular weight excluding hydrogens is 258 g/mol. The minimum atomic E-state index is -3.34. The first-order valence-corrected chi connectivity index (χ1v) is 6.93. The van der Waals surface area contributed by atoms with Crippen molar-refractivity contribution >= 4 is 15.7 Å². The van der Waals surface area contributed by atoms with Crippen molar-refractivity contribution in [3.63, 3.8) is 0 Å². The smallest absolute Gasteiger partial charge is 0.232 e. The van der Waals surface area contributed by atoms with E-state index in [2.05, 4.69) is 4.72 Å². The average molecular weight is 275 g/mol. The van der Waals surface area contributed by atoms with Crippen LogP contribution in [-0.2, 0) is 10.0 Å². The van der Waals surface area contributed by atoms with Gasteiger partial charge in [-0.05, 0) is 6.92 Å². The Morgan fingerprint density at radius 1 is 1.06 bits per heavy atom. The van der Waals surface area contributed by atoms with Gasteiger partial charge in [0.2, 0.25) is 15.8 Å². The minimum Gasteiger partial charge on any atom is -0.493 e. The van der Waals surface area contributed by atoms with Gasteiger partial charge in [-0.1, -0.05) is 0 Å². The van der Waals surface area contributed by atoms with E-state index in [1.807, 2.05) is 0 Å². The maximum Gasteiger partial charge on any atom is 0.232 e. The molecule has 1 N–H and O–H groups in total. The highest BCUT2D eigenvalue weighted by atomic mass is 32.2. The maximum atomic E-state index is 11.5. The van der Waals surface area contributed by atoms with E-state index in [0.29, 0.717) is 22.9 Å². The van der Waals surface area contributed by atoms with Gasteiger partial charge in [0, 0.05) is 12.1 Å². The van der Waals surface area contributed by atoms with Crippen LogP contribution in [0.3, 0.4) is 0 Å². The summed E-state index contributed by atoms with van der Waals surface area (Å²) in [6, 6.07) is 3.07. The Hall–Kier alpha value is -1.63. The van der Waals surface area contributed by atoms with Crippen molar-refractivity contribution in [1.29, 1.82) is 0 Å². The first kappa shape index (κ1) is 14.4. The Morgan fingerprint density at radius 3 is 1.89 bits per heavy atom. The number of hydrogen-bond donors (Lipinski definition) is 1. The number of methoxy groups -OCH3 is 3. The lowest BCUT2D eigenvalue weighted by atomic mass is 10.2. The van der Waals surface area contributed by atoms with Gasteiger partial charge in [-0.3, -0.25) is 4.72 Å². The average Bonchev–Trinajstić information content (AvgIpc) is 2.37. The zero-order chi connectivity index (χ0) is 13.8. The monoisotopic (exact) mass is 275 g/mol. The summed E-state index contributed by atoms with van der Waals surface area (Å²) in [5, 5.41) is 0. The third-order valence-corrected chi connectivity index (χ3v) is 3.62. The molecule has 0 heterocycles. The van der Waals surface area contributed by atoms with E-state index in [0.717, 1.165) is 0 Å². The lowest BCUT2D eigenvalue weighted by Crippen LogP contribution is -2.14. The molecule has 18 heavy (non-hydrogen) atoms. The third kappa shape index (κ3) is 3.19. The lowest BCUT2D eigenvalue weighted by Gasteiger charge is -2.14. The van der Waals surface area contributed by atoms with Crippen LogP contribution in [0.1, 0.15) is 6.92 Å². The van der Waals surface area contributed by atoms with Crippen molar-refractivity contribution in [2.24, 2.45) is 0 Å². The van der Waals surface area contributed by atoms with Gasteiger partial charge in [-0.25, -0.2) is 8.42 Å². The van der Waals surface area contributed by atoms with Crippen LogP contribution in [0, 0.1) is 0 Å². The first-order chi connectivity index (χ1) is 8.47. The number of anilines is 1. The molecule has 0 saturated heterocycles. The largest absolute Gasteiger partial charge is 0.493 e. The van der Waals surface area contributed by atoms with Crippen molar-refractivity contribution in [2.45, 2.75) is 6.92 Å². The summed E-state index contributed by atoms with van der Waals surface area (Å²) in [5.74, 6) is 1.19. The quantitative estimate of drug-likeness (QED) is 0.851. The summed E-state index contributed by atoms with van der Waals surface area (Å²) in [7, 11) is 1.07. The maximum absolute atomic E-state index is 11.5. The highest BCUT2D eigenvalue weighted by molar-refractivity contribution is 7.92. The first-order valence-electron chi connectivity index (χ1n) is 5.28. The summed E-state index contributed by atoms with van der Waals surface area (Å²) in [6.45, 7) is 1.56. The van der Waals surface area contributed by atoms with E-state index in [4.69, 9.17) is 14.2 Å².